The minimum atomic E-state index is -0.266. The van der Waals surface area contributed by atoms with Crippen LogP contribution in [-0.2, 0) is 9.47 Å². The molecule has 0 aromatic heterocycles. The smallest absolute Gasteiger partial charge is 0.186 e. The van der Waals surface area contributed by atoms with Crippen molar-refractivity contribution < 1.29 is 9.47 Å². The fourth-order valence-corrected chi connectivity index (χ4v) is 1.09. The van der Waals surface area contributed by atoms with E-state index in [1.165, 1.54) is 0 Å². The van der Waals surface area contributed by atoms with Crippen molar-refractivity contribution in [3.8, 4) is 0 Å². The van der Waals surface area contributed by atoms with Gasteiger partial charge in [0.1, 0.15) is 11.2 Å². The third-order valence-corrected chi connectivity index (χ3v) is 2.90. The van der Waals surface area contributed by atoms with Crippen LogP contribution < -0.4 is 21.5 Å². The van der Waals surface area contributed by atoms with Crippen LogP contribution in [0, 0.1) is 0 Å². The van der Waals surface area contributed by atoms with E-state index in [9.17, 15) is 0 Å². The molecule has 10 heteroatoms. The first kappa shape index (κ1) is 20.1. The molecule has 4 N–H and O–H groups in total. The van der Waals surface area contributed by atoms with Crippen LogP contribution in [0.3, 0.4) is 0 Å². The van der Waals surface area contributed by atoms with Gasteiger partial charge in [-0.3, -0.25) is 16.2 Å². The summed E-state index contributed by atoms with van der Waals surface area (Å²) in [4.78, 5) is 0. The fourth-order valence-electron chi connectivity index (χ4n) is 0.987. The summed E-state index contributed by atoms with van der Waals surface area (Å²) in [6.07, 6.45) is 0. The molecule has 0 bridgehead atoms. The van der Waals surface area contributed by atoms with Crippen LogP contribution in [0.2, 0.25) is 0 Å². The molecular weight excluding hydrogens is 312 g/mol. The molecule has 0 aliphatic carbocycles. The van der Waals surface area contributed by atoms with E-state index in [1.54, 1.807) is 28.1 Å². The standard InChI is InChI=1S/C11H24N6O2S2/c1-8(14-16-10(20)12-2)9(7-19-6-5-18-4)15-17-11(21)13-3/h11,13,17,21H,5-7H2,1-4H3,(H2,12,16,20)/b14-8+,15-9+. The van der Waals surface area contributed by atoms with Gasteiger partial charge >= 0.3 is 0 Å². The van der Waals surface area contributed by atoms with Crippen LogP contribution >= 0.6 is 24.8 Å². The molecule has 0 fully saturated rings. The van der Waals surface area contributed by atoms with Gasteiger partial charge in [0, 0.05) is 14.2 Å². The molecule has 122 valence electrons. The SMILES string of the molecule is CNC(=S)N/N=C(C)/C(COCCOC)=N/NC(S)NC. The third-order valence-electron chi connectivity index (χ3n) is 2.24. The molecule has 0 saturated heterocycles. The van der Waals surface area contributed by atoms with Gasteiger partial charge in [-0.1, -0.05) is 0 Å². The van der Waals surface area contributed by atoms with Crippen molar-refractivity contribution in [1.82, 2.24) is 21.5 Å². The minimum Gasteiger partial charge on any atom is -0.382 e. The second-order valence-electron chi connectivity index (χ2n) is 3.81. The quantitative estimate of drug-likeness (QED) is 0.0917. The van der Waals surface area contributed by atoms with Gasteiger partial charge in [-0.05, 0) is 26.2 Å². The lowest BCUT2D eigenvalue weighted by molar-refractivity contribution is 0.0903. The maximum atomic E-state index is 5.46. The molecule has 0 heterocycles. The van der Waals surface area contributed by atoms with Crippen molar-refractivity contribution in [2.24, 2.45) is 10.2 Å². The van der Waals surface area contributed by atoms with E-state index in [2.05, 4.69) is 44.3 Å². The zero-order valence-electron chi connectivity index (χ0n) is 12.8. The number of nitrogens with zero attached hydrogens (tertiary/aromatic N) is 2. The van der Waals surface area contributed by atoms with Gasteiger partial charge < -0.3 is 14.8 Å². The maximum Gasteiger partial charge on any atom is 0.186 e. The molecule has 0 aliphatic heterocycles. The van der Waals surface area contributed by atoms with Gasteiger partial charge in [0.25, 0.3) is 0 Å². The van der Waals surface area contributed by atoms with E-state index in [0.717, 1.165) is 0 Å². The number of hydrogen-bond donors (Lipinski definition) is 5. The number of thiocarbonyl (C=S) groups is 1. The second-order valence-corrected chi connectivity index (χ2v) is 4.74. The predicted molar refractivity (Wildman–Crippen MR) is 93.0 cm³/mol. The van der Waals surface area contributed by atoms with Crippen LogP contribution in [0.15, 0.2) is 10.2 Å². The number of nitrogens with one attached hydrogen (secondary N) is 4. The first-order valence-corrected chi connectivity index (χ1v) is 7.24. The largest absolute Gasteiger partial charge is 0.382 e. The lowest BCUT2D eigenvalue weighted by Crippen LogP contribution is -2.35. The van der Waals surface area contributed by atoms with Gasteiger partial charge in [-0.2, -0.15) is 10.2 Å². The molecule has 0 saturated carbocycles. The van der Waals surface area contributed by atoms with Crippen molar-refractivity contribution in [2.75, 3.05) is 41.0 Å². The summed E-state index contributed by atoms with van der Waals surface area (Å²) in [5.41, 5.74) is 6.54. The van der Waals surface area contributed by atoms with Crippen molar-refractivity contribution in [3.05, 3.63) is 0 Å². The van der Waals surface area contributed by atoms with E-state index in [4.69, 9.17) is 21.7 Å². The fraction of sp³-hybridized carbons (Fsp3) is 0.727. The Morgan fingerprint density at radius 1 is 1.29 bits per heavy atom. The zero-order valence-corrected chi connectivity index (χ0v) is 14.5. The third kappa shape index (κ3) is 10.4. The lowest BCUT2D eigenvalue weighted by Gasteiger charge is -2.12. The Kier molecular flexibility index (Phi) is 12.2. The first-order valence-electron chi connectivity index (χ1n) is 6.31. The van der Waals surface area contributed by atoms with Crippen LogP contribution in [-0.4, -0.2) is 63.1 Å². The number of ether oxygens (including phenoxy) is 2. The molecule has 0 aromatic carbocycles. The summed E-state index contributed by atoms with van der Waals surface area (Å²) in [5, 5.41) is 14.4. The van der Waals surface area contributed by atoms with Gasteiger partial charge in [-0.15, -0.1) is 12.6 Å². The number of thiol groups is 1. The molecular formula is C11H24N6O2S2. The number of hydrogen-bond acceptors (Lipinski definition) is 8. The topological polar surface area (TPSA) is 91.3 Å². The Morgan fingerprint density at radius 2 is 2.00 bits per heavy atom. The van der Waals surface area contributed by atoms with E-state index < -0.39 is 0 Å². The van der Waals surface area contributed by atoms with Gasteiger partial charge in [0.2, 0.25) is 0 Å². The highest BCUT2D eigenvalue weighted by atomic mass is 32.1. The van der Waals surface area contributed by atoms with E-state index >= 15 is 0 Å². The van der Waals surface area contributed by atoms with E-state index in [-0.39, 0.29) is 5.50 Å². The predicted octanol–water partition coefficient (Wildman–Crippen LogP) is -0.502. The molecule has 0 aliphatic rings. The highest BCUT2D eigenvalue weighted by Crippen LogP contribution is 1.90. The Bertz CT molecular complexity index is 365. The normalized spacial score (nSPS) is 13.8. The molecule has 0 aromatic rings. The summed E-state index contributed by atoms with van der Waals surface area (Å²) in [5.74, 6) is 0. The maximum absolute atomic E-state index is 5.46. The number of rotatable bonds is 10. The Labute approximate surface area is 136 Å². The summed E-state index contributed by atoms with van der Waals surface area (Å²) in [6.45, 7) is 3.09. The van der Waals surface area contributed by atoms with E-state index in [1.807, 2.05) is 0 Å². The number of methoxy groups -OCH3 is 1. The molecule has 1 unspecified atom stereocenters. The van der Waals surface area contributed by atoms with Gasteiger partial charge in [0.05, 0.1) is 25.5 Å². The molecule has 0 amide bonds. The molecule has 0 spiro atoms. The van der Waals surface area contributed by atoms with Crippen molar-refractivity contribution >= 4 is 41.4 Å². The summed E-state index contributed by atoms with van der Waals surface area (Å²) in [6, 6.07) is 0. The molecule has 0 radical (unpaired) electrons. The lowest BCUT2D eigenvalue weighted by atomic mass is 10.3. The average Bonchev–Trinajstić information content (AvgIpc) is 2.50. The monoisotopic (exact) mass is 336 g/mol. The Morgan fingerprint density at radius 3 is 2.57 bits per heavy atom. The summed E-state index contributed by atoms with van der Waals surface area (Å²) in [7, 11) is 5.10. The Balaban J connectivity index is 4.64. The zero-order chi connectivity index (χ0) is 16.1. The van der Waals surface area contributed by atoms with Gasteiger partial charge in [-0.25, -0.2) is 0 Å². The van der Waals surface area contributed by atoms with Crippen LogP contribution in [0.4, 0.5) is 0 Å². The van der Waals surface area contributed by atoms with Crippen LogP contribution in [0.1, 0.15) is 6.92 Å². The molecule has 8 nitrogen and oxygen atoms in total. The van der Waals surface area contributed by atoms with Crippen LogP contribution in [0.5, 0.6) is 0 Å². The number of hydrazone groups is 2. The van der Waals surface area contributed by atoms with Gasteiger partial charge in [0.15, 0.2) is 5.11 Å². The average molecular weight is 336 g/mol. The Hall–Kier alpha value is -0.940. The highest BCUT2D eigenvalue weighted by molar-refractivity contribution is 7.80. The van der Waals surface area contributed by atoms with Crippen LogP contribution in [0.25, 0.3) is 0 Å². The second kappa shape index (κ2) is 12.8. The summed E-state index contributed by atoms with van der Waals surface area (Å²) < 4.78 is 10.4. The first-order chi connectivity index (χ1) is 10.0. The molecule has 0 rings (SSSR count). The molecule has 1 atom stereocenters. The highest BCUT2D eigenvalue weighted by Gasteiger charge is 2.07. The van der Waals surface area contributed by atoms with Crippen molar-refractivity contribution in [3.63, 3.8) is 0 Å². The minimum absolute atomic E-state index is 0.266. The summed E-state index contributed by atoms with van der Waals surface area (Å²) >= 11 is 9.17. The van der Waals surface area contributed by atoms with Crippen molar-refractivity contribution in [2.45, 2.75) is 12.4 Å². The van der Waals surface area contributed by atoms with E-state index in [0.29, 0.717) is 36.4 Å². The van der Waals surface area contributed by atoms with Crippen molar-refractivity contribution in [1.29, 1.82) is 0 Å². The molecule has 21 heavy (non-hydrogen) atoms.